The van der Waals surface area contributed by atoms with Crippen LogP contribution in [0.25, 0.3) is 11.3 Å². The molecule has 108 valence electrons. The average molecular weight is 298 g/mol. The topological polar surface area (TPSA) is 34.1 Å². The van der Waals surface area contributed by atoms with E-state index >= 15 is 0 Å². The molecule has 0 saturated heterocycles. The van der Waals surface area contributed by atoms with Crippen LogP contribution < -0.4 is 5.32 Å². The molecule has 6 heteroatoms. The zero-order valence-electron chi connectivity index (χ0n) is 10.9. The molecule has 0 bridgehead atoms. The molecule has 2 aromatic rings. The number of benzene rings is 1. The van der Waals surface area contributed by atoms with Crippen LogP contribution in [0.2, 0.25) is 0 Å². The lowest BCUT2D eigenvalue weighted by Gasteiger charge is -2.04. The van der Waals surface area contributed by atoms with Crippen LogP contribution in [0.3, 0.4) is 0 Å². The zero-order valence-corrected chi connectivity index (χ0v) is 11.7. The normalized spacial score (nSPS) is 11.2. The zero-order chi connectivity index (χ0) is 14.2. The Morgan fingerprint density at radius 3 is 2.80 bits per heavy atom. The molecule has 0 unspecified atom stereocenters. The van der Waals surface area contributed by atoms with E-state index in [0.717, 1.165) is 16.3 Å². The van der Waals surface area contributed by atoms with Crippen molar-refractivity contribution in [2.45, 2.75) is 13.0 Å². The second kappa shape index (κ2) is 8.04. The summed E-state index contributed by atoms with van der Waals surface area (Å²) in [6.07, 6.45) is -2.40. The molecule has 0 radical (unpaired) electrons. The van der Waals surface area contributed by atoms with Crippen LogP contribution in [-0.4, -0.2) is 31.2 Å². The smallest absolute Gasteiger partial charge is 0.261 e. The van der Waals surface area contributed by atoms with Crippen molar-refractivity contribution in [1.82, 2.24) is 10.3 Å². The van der Waals surface area contributed by atoms with Gasteiger partial charge in [-0.15, -0.1) is 11.3 Å². The molecule has 0 aliphatic heterocycles. The van der Waals surface area contributed by atoms with Gasteiger partial charge in [0.05, 0.1) is 12.3 Å². The van der Waals surface area contributed by atoms with Gasteiger partial charge in [0.15, 0.2) is 0 Å². The maximum Gasteiger partial charge on any atom is 0.261 e. The second-order valence-corrected chi connectivity index (χ2v) is 5.08. The highest BCUT2D eigenvalue weighted by Crippen LogP contribution is 2.21. The number of nitrogens with one attached hydrogen (secondary N) is 1. The van der Waals surface area contributed by atoms with Crippen LogP contribution in [0.1, 0.15) is 5.01 Å². The van der Waals surface area contributed by atoms with E-state index in [9.17, 15) is 8.78 Å². The Labute approximate surface area is 120 Å². The van der Waals surface area contributed by atoms with Crippen molar-refractivity contribution in [2.75, 3.05) is 19.8 Å². The predicted molar refractivity (Wildman–Crippen MR) is 76.1 cm³/mol. The van der Waals surface area contributed by atoms with Gasteiger partial charge in [0.2, 0.25) is 0 Å². The molecule has 0 fully saturated rings. The lowest BCUT2D eigenvalue weighted by atomic mass is 10.2. The van der Waals surface area contributed by atoms with Crippen molar-refractivity contribution < 1.29 is 13.5 Å². The third kappa shape index (κ3) is 4.96. The van der Waals surface area contributed by atoms with Crippen molar-refractivity contribution in [2.24, 2.45) is 0 Å². The Morgan fingerprint density at radius 2 is 2.05 bits per heavy atom. The summed E-state index contributed by atoms with van der Waals surface area (Å²) in [5.74, 6) is 0. The molecule has 2 rings (SSSR count). The van der Waals surface area contributed by atoms with E-state index in [1.807, 2.05) is 35.7 Å². The van der Waals surface area contributed by atoms with Gasteiger partial charge in [0, 0.05) is 24.0 Å². The number of ether oxygens (including phenoxy) is 1. The van der Waals surface area contributed by atoms with Gasteiger partial charge < -0.3 is 10.1 Å². The summed E-state index contributed by atoms with van der Waals surface area (Å²) >= 11 is 1.58. The lowest BCUT2D eigenvalue weighted by molar-refractivity contribution is 0.0187. The minimum Gasteiger partial charge on any atom is -0.374 e. The van der Waals surface area contributed by atoms with E-state index in [1.165, 1.54) is 0 Å². The molecule has 1 aromatic carbocycles. The van der Waals surface area contributed by atoms with Crippen LogP contribution in [0, 0.1) is 0 Å². The van der Waals surface area contributed by atoms with E-state index in [4.69, 9.17) is 4.74 Å². The monoisotopic (exact) mass is 298 g/mol. The molecule has 1 aromatic heterocycles. The van der Waals surface area contributed by atoms with Gasteiger partial charge in [-0.3, -0.25) is 0 Å². The van der Waals surface area contributed by atoms with Gasteiger partial charge in [-0.25, -0.2) is 13.8 Å². The lowest BCUT2D eigenvalue weighted by Crippen LogP contribution is -2.20. The number of aromatic nitrogens is 1. The molecule has 0 amide bonds. The maximum atomic E-state index is 11.8. The molecule has 1 N–H and O–H groups in total. The van der Waals surface area contributed by atoms with Gasteiger partial charge in [0.1, 0.15) is 11.6 Å². The molecule has 0 spiro atoms. The van der Waals surface area contributed by atoms with Crippen LogP contribution >= 0.6 is 11.3 Å². The van der Waals surface area contributed by atoms with Crippen molar-refractivity contribution in [1.29, 1.82) is 0 Å². The summed E-state index contributed by atoms with van der Waals surface area (Å²) in [5, 5.41) is 6.10. The van der Waals surface area contributed by atoms with Crippen molar-refractivity contribution in [3.8, 4) is 11.3 Å². The second-order valence-electron chi connectivity index (χ2n) is 4.14. The molecule has 0 saturated carbocycles. The van der Waals surface area contributed by atoms with Gasteiger partial charge >= 0.3 is 0 Å². The van der Waals surface area contributed by atoms with E-state index in [2.05, 4.69) is 10.3 Å². The quantitative estimate of drug-likeness (QED) is 0.760. The summed E-state index contributed by atoms with van der Waals surface area (Å²) in [6, 6.07) is 9.96. The van der Waals surface area contributed by atoms with E-state index in [0.29, 0.717) is 13.1 Å². The predicted octanol–water partition coefficient (Wildman–Crippen LogP) is 3.18. The highest BCUT2D eigenvalue weighted by molar-refractivity contribution is 7.09. The summed E-state index contributed by atoms with van der Waals surface area (Å²) in [5.41, 5.74) is 2.05. The SMILES string of the molecule is FC(F)COCCNCc1nc(-c2ccccc2)cs1. The highest BCUT2D eigenvalue weighted by atomic mass is 32.1. The Morgan fingerprint density at radius 1 is 1.25 bits per heavy atom. The molecule has 0 atom stereocenters. The Balaban J connectivity index is 1.71. The van der Waals surface area contributed by atoms with Crippen LogP contribution in [0.4, 0.5) is 8.78 Å². The van der Waals surface area contributed by atoms with Crippen molar-refractivity contribution in [3.63, 3.8) is 0 Å². The Kier molecular flexibility index (Phi) is 6.04. The average Bonchev–Trinajstić information content (AvgIpc) is 2.92. The standard InChI is InChI=1S/C14H16F2N2OS/c15-13(16)9-19-7-6-17-8-14-18-12(10-20-14)11-4-2-1-3-5-11/h1-5,10,13,17H,6-9H2. The summed E-state index contributed by atoms with van der Waals surface area (Å²) < 4.78 is 28.4. The number of thiazole rings is 1. The van der Waals surface area contributed by atoms with Crippen molar-refractivity contribution >= 4 is 11.3 Å². The number of hydrogen-bond donors (Lipinski definition) is 1. The largest absolute Gasteiger partial charge is 0.374 e. The number of rotatable bonds is 8. The van der Waals surface area contributed by atoms with Crippen LogP contribution in [0.5, 0.6) is 0 Å². The van der Waals surface area contributed by atoms with Gasteiger partial charge in [-0.2, -0.15) is 0 Å². The summed E-state index contributed by atoms with van der Waals surface area (Å²) in [6.45, 7) is 0.931. The molecule has 0 aliphatic rings. The Hall–Kier alpha value is -1.37. The number of alkyl halides is 2. The first-order valence-corrected chi connectivity index (χ1v) is 7.20. The van der Waals surface area contributed by atoms with E-state index < -0.39 is 13.0 Å². The molecule has 3 nitrogen and oxygen atoms in total. The maximum absolute atomic E-state index is 11.8. The summed E-state index contributed by atoms with van der Waals surface area (Å²) in [7, 11) is 0. The van der Waals surface area contributed by atoms with Crippen LogP contribution in [0.15, 0.2) is 35.7 Å². The van der Waals surface area contributed by atoms with Gasteiger partial charge in [-0.1, -0.05) is 30.3 Å². The third-order valence-electron chi connectivity index (χ3n) is 2.56. The van der Waals surface area contributed by atoms with Crippen molar-refractivity contribution in [3.05, 3.63) is 40.7 Å². The van der Waals surface area contributed by atoms with Gasteiger partial charge in [-0.05, 0) is 0 Å². The minimum atomic E-state index is -2.40. The number of hydrogen-bond acceptors (Lipinski definition) is 4. The first kappa shape index (κ1) is 15.0. The van der Waals surface area contributed by atoms with E-state index in [1.54, 1.807) is 11.3 Å². The fourth-order valence-corrected chi connectivity index (χ4v) is 2.42. The van der Waals surface area contributed by atoms with Gasteiger partial charge in [0.25, 0.3) is 6.43 Å². The number of halogens is 2. The fourth-order valence-electron chi connectivity index (χ4n) is 1.65. The third-order valence-corrected chi connectivity index (χ3v) is 3.41. The molecular formula is C14H16F2N2OS. The Bertz CT molecular complexity index is 505. The first-order chi connectivity index (χ1) is 9.75. The minimum absolute atomic E-state index is 0.279. The number of nitrogens with zero attached hydrogens (tertiary/aromatic N) is 1. The van der Waals surface area contributed by atoms with E-state index in [-0.39, 0.29) is 6.61 Å². The highest BCUT2D eigenvalue weighted by Gasteiger charge is 2.04. The molecule has 20 heavy (non-hydrogen) atoms. The summed E-state index contributed by atoms with van der Waals surface area (Å²) in [4.78, 5) is 4.52. The molecular weight excluding hydrogens is 282 g/mol. The fraction of sp³-hybridized carbons (Fsp3) is 0.357. The first-order valence-electron chi connectivity index (χ1n) is 6.32. The van der Waals surface area contributed by atoms with Crippen LogP contribution in [-0.2, 0) is 11.3 Å². The molecule has 0 aliphatic carbocycles. The molecule has 1 heterocycles.